The predicted molar refractivity (Wildman–Crippen MR) is 113 cm³/mol. The minimum Gasteiger partial charge on any atom is -0.469 e. The van der Waals surface area contributed by atoms with Gasteiger partial charge < -0.3 is 9.47 Å². The van der Waals surface area contributed by atoms with Gasteiger partial charge in [0.15, 0.2) is 0 Å². The second-order valence-electron chi connectivity index (χ2n) is 7.80. The van der Waals surface area contributed by atoms with Crippen molar-refractivity contribution in [2.75, 3.05) is 12.9 Å². The largest absolute Gasteiger partial charge is 0.469 e. The molecule has 0 spiro atoms. The van der Waals surface area contributed by atoms with E-state index in [0.29, 0.717) is 6.42 Å². The number of methoxy groups -OCH3 is 1. The Hall–Kier alpha value is -1.95. The molecule has 0 radical (unpaired) electrons. The van der Waals surface area contributed by atoms with Gasteiger partial charge in [-0.2, -0.15) is 0 Å². The van der Waals surface area contributed by atoms with E-state index >= 15 is 0 Å². The molecule has 1 aromatic carbocycles. The van der Waals surface area contributed by atoms with Gasteiger partial charge in [0.25, 0.3) is 0 Å². The average Bonchev–Trinajstić information content (AvgIpc) is 3.07. The van der Waals surface area contributed by atoms with Crippen LogP contribution < -0.4 is 0 Å². The molecule has 0 unspecified atom stereocenters. The van der Waals surface area contributed by atoms with Crippen molar-refractivity contribution in [1.29, 1.82) is 0 Å². The topological polar surface area (TPSA) is 55.8 Å². The molecule has 154 valence electrons. The van der Waals surface area contributed by atoms with Gasteiger partial charge in [-0.1, -0.05) is 42.5 Å². The summed E-state index contributed by atoms with van der Waals surface area (Å²) in [6, 6.07) is 10.1. The molecule has 28 heavy (non-hydrogen) atoms. The van der Waals surface area contributed by atoms with E-state index in [1.54, 1.807) is 11.8 Å². The van der Waals surface area contributed by atoms with Crippen LogP contribution in [0.2, 0.25) is 0 Å². The van der Waals surface area contributed by atoms with E-state index in [0.717, 1.165) is 30.6 Å². The Morgan fingerprint density at radius 3 is 2.57 bits per heavy atom. The summed E-state index contributed by atoms with van der Waals surface area (Å²) in [6.07, 6.45) is 6.95. The predicted octanol–water partition coefficient (Wildman–Crippen LogP) is 5.33. The van der Waals surface area contributed by atoms with Crippen LogP contribution >= 0.6 is 11.8 Å². The van der Waals surface area contributed by atoms with E-state index in [1.165, 1.54) is 7.11 Å². The van der Waals surface area contributed by atoms with Gasteiger partial charge in [0, 0.05) is 12.2 Å². The molecular weight excluding hydrogens is 374 g/mol. The van der Waals surface area contributed by atoms with Crippen LogP contribution in [-0.2, 0) is 14.3 Å². The molecule has 1 amide bonds. The lowest BCUT2D eigenvalue weighted by Crippen LogP contribution is -2.40. The Morgan fingerprint density at radius 2 is 1.93 bits per heavy atom. The number of carbonyl (C=O) groups is 2. The summed E-state index contributed by atoms with van der Waals surface area (Å²) < 4.78 is 10.3. The monoisotopic (exact) mass is 405 g/mol. The van der Waals surface area contributed by atoms with E-state index < -0.39 is 5.60 Å². The molecule has 1 saturated heterocycles. The first-order valence-electron chi connectivity index (χ1n) is 9.73. The van der Waals surface area contributed by atoms with E-state index in [4.69, 9.17) is 4.74 Å². The highest BCUT2D eigenvalue weighted by atomic mass is 32.2. The summed E-state index contributed by atoms with van der Waals surface area (Å²) in [6.45, 7) is 5.66. The van der Waals surface area contributed by atoms with Gasteiger partial charge in [-0.15, -0.1) is 11.8 Å². The minimum absolute atomic E-state index is 0.00865. The first-order chi connectivity index (χ1) is 13.3. The Balaban J connectivity index is 2.02. The summed E-state index contributed by atoms with van der Waals surface area (Å²) in [7, 11) is 1.41. The summed E-state index contributed by atoms with van der Waals surface area (Å²) >= 11 is 1.75. The molecule has 1 aromatic rings. The fourth-order valence-electron chi connectivity index (χ4n) is 2.98. The molecule has 2 atom stereocenters. The quantitative estimate of drug-likeness (QED) is 0.349. The second-order valence-corrected chi connectivity index (χ2v) is 8.91. The number of esters is 1. The SMILES string of the molecule is COC(=O)CCCC/C=C\[C@@H]1CS[C@H](c2ccccc2)N1C(=O)OC(C)(C)C. The standard InChI is InChI=1S/C22H31NO4S/c1-22(2,3)27-21(25)23-18(14-10-5-6-11-15-19(24)26-4)16-28-20(23)17-12-8-7-9-13-17/h7-10,12-14,18,20H,5-6,11,15-16H2,1-4H3/b14-10-/t18-,20-/m1/s1. The Labute approximate surface area is 172 Å². The van der Waals surface area contributed by atoms with Crippen molar-refractivity contribution in [3.8, 4) is 0 Å². The molecule has 1 heterocycles. The van der Waals surface area contributed by atoms with Crippen molar-refractivity contribution in [1.82, 2.24) is 4.90 Å². The Kier molecular flexibility index (Phi) is 8.42. The highest BCUT2D eigenvalue weighted by Crippen LogP contribution is 2.42. The van der Waals surface area contributed by atoms with Gasteiger partial charge >= 0.3 is 12.1 Å². The van der Waals surface area contributed by atoms with Crippen molar-refractivity contribution in [3.63, 3.8) is 0 Å². The Morgan fingerprint density at radius 1 is 1.21 bits per heavy atom. The zero-order valence-electron chi connectivity index (χ0n) is 17.2. The molecule has 0 saturated carbocycles. The zero-order chi connectivity index (χ0) is 20.6. The van der Waals surface area contributed by atoms with Crippen molar-refractivity contribution in [2.24, 2.45) is 0 Å². The summed E-state index contributed by atoms with van der Waals surface area (Å²) in [4.78, 5) is 25.9. The number of amides is 1. The molecule has 6 heteroatoms. The van der Waals surface area contributed by atoms with E-state index in [-0.39, 0.29) is 23.5 Å². The van der Waals surface area contributed by atoms with Gasteiger partial charge in [0.1, 0.15) is 11.0 Å². The molecule has 0 aliphatic carbocycles. The molecular formula is C22H31NO4S. The van der Waals surface area contributed by atoms with Crippen LogP contribution in [0, 0.1) is 0 Å². The molecule has 0 N–H and O–H groups in total. The van der Waals surface area contributed by atoms with E-state index in [1.807, 2.05) is 56.0 Å². The van der Waals surface area contributed by atoms with Crippen LogP contribution in [0.1, 0.15) is 57.4 Å². The molecule has 5 nitrogen and oxygen atoms in total. The maximum atomic E-state index is 12.9. The van der Waals surface area contributed by atoms with Crippen LogP contribution in [0.4, 0.5) is 4.79 Å². The van der Waals surface area contributed by atoms with E-state index in [9.17, 15) is 9.59 Å². The number of carbonyl (C=O) groups excluding carboxylic acids is 2. The molecule has 1 fully saturated rings. The molecule has 1 aliphatic rings. The third kappa shape index (κ3) is 6.89. The van der Waals surface area contributed by atoms with Crippen LogP contribution in [0.5, 0.6) is 0 Å². The van der Waals surface area contributed by atoms with Gasteiger partial charge in [0.2, 0.25) is 0 Å². The molecule has 2 rings (SSSR count). The summed E-state index contributed by atoms with van der Waals surface area (Å²) in [5.74, 6) is 0.662. The average molecular weight is 406 g/mol. The van der Waals surface area contributed by atoms with Crippen molar-refractivity contribution in [3.05, 3.63) is 48.0 Å². The highest BCUT2D eigenvalue weighted by Gasteiger charge is 2.39. The number of hydrogen-bond donors (Lipinski definition) is 0. The number of hydrogen-bond acceptors (Lipinski definition) is 5. The van der Waals surface area contributed by atoms with E-state index in [2.05, 4.69) is 16.9 Å². The summed E-state index contributed by atoms with van der Waals surface area (Å²) in [5.41, 5.74) is 0.570. The number of ether oxygens (including phenoxy) is 2. The smallest absolute Gasteiger partial charge is 0.411 e. The highest BCUT2D eigenvalue weighted by molar-refractivity contribution is 7.99. The van der Waals surface area contributed by atoms with Gasteiger partial charge in [-0.3, -0.25) is 9.69 Å². The summed E-state index contributed by atoms with van der Waals surface area (Å²) in [5, 5.41) is -0.0509. The first kappa shape index (κ1) is 22.3. The van der Waals surface area contributed by atoms with Gasteiger partial charge in [-0.25, -0.2) is 4.79 Å². The van der Waals surface area contributed by atoms with Crippen molar-refractivity contribution < 1.29 is 19.1 Å². The van der Waals surface area contributed by atoms with Crippen LogP contribution in [0.3, 0.4) is 0 Å². The lowest BCUT2D eigenvalue weighted by molar-refractivity contribution is -0.140. The Bertz CT molecular complexity index is 669. The third-order valence-corrected chi connectivity index (χ3v) is 5.66. The number of benzene rings is 1. The first-order valence-corrected chi connectivity index (χ1v) is 10.8. The normalized spacial score (nSPS) is 19.8. The number of rotatable bonds is 7. The number of unbranched alkanes of at least 4 members (excludes halogenated alkanes) is 2. The third-order valence-electron chi connectivity index (χ3n) is 4.31. The number of nitrogens with zero attached hydrogens (tertiary/aromatic N) is 1. The second kappa shape index (κ2) is 10.6. The van der Waals surface area contributed by atoms with Crippen LogP contribution in [0.15, 0.2) is 42.5 Å². The number of thioether (sulfide) groups is 1. The molecule has 0 bridgehead atoms. The molecule has 1 aliphatic heterocycles. The van der Waals surface area contributed by atoms with Crippen molar-refractivity contribution >= 4 is 23.8 Å². The fourth-order valence-corrected chi connectivity index (χ4v) is 4.38. The van der Waals surface area contributed by atoms with Gasteiger partial charge in [-0.05, 0) is 45.6 Å². The minimum atomic E-state index is -0.534. The fraction of sp³-hybridized carbons (Fsp3) is 0.545. The van der Waals surface area contributed by atoms with Crippen LogP contribution in [0.25, 0.3) is 0 Å². The lowest BCUT2D eigenvalue weighted by Gasteiger charge is -2.31. The number of allylic oxidation sites excluding steroid dienone is 1. The maximum Gasteiger partial charge on any atom is 0.411 e. The lowest BCUT2D eigenvalue weighted by atomic mass is 10.1. The van der Waals surface area contributed by atoms with Crippen LogP contribution in [-0.4, -0.2) is 41.5 Å². The maximum absolute atomic E-state index is 12.9. The zero-order valence-corrected chi connectivity index (χ0v) is 18.0. The van der Waals surface area contributed by atoms with Crippen molar-refractivity contribution in [2.45, 2.75) is 63.5 Å². The molecule has 0 aromatic heterocycles. The van der Waals surface area contributed by atoms with Gasteiger partial charge in [0.05, 0.1) is 13.2 Å².